The summed E-state index contributed by atoms with van der Waals surface area (Å²) in [6.07, 6.45) is 2.38. The van der Waals surface area contributed by atoms with Crippen molar-refractivity contribution in [2.45, 2.75) is 20.3 Å². The number of hydrazone groups is 1. The molecule has 9 nitrogen and oxygen atoms in total. The van der Waals surface area contributed by atoms with Crippen LogP contribution in [0.4, 0.5) is 0 Å². The van der Waals surface area contributed by atoms with E-state index in [1.165, 1.54) is 16.8 Å². The van der Waals surface area contributed by atoms with Gasteiger partial charge in [-0.05, 0) is 53.6 Å². The van der Waals surface area contributed by atoms with E-state index in [0.717, 1.165) is 17.2 Å². The molecule has 0 fully saturated rings. The van der Waals surface area contributed by atoms with Crippen LogP contribution in [0.1, 0.15) is 25.8 Å². The third-order valence-corrected chi connectivity index (χ3v) is 6.16. The number of amides is 1. The Morgan fingerprint density at radius 2 is 1.81 bits per heavy atom. The van der Waals surface area contributed by atoms with Gasteiger partial charge in [-0.25, -0.2) is 0 Å². The molecule has 0 aromatic heterocycles. The number of benzene rings is 2. The maximum atomic E-state index is 12.7. The molecule has 1 amide bonds. The summed E-state index contributed by atoms with van der Waals surface area (Å²) < 4.78 is 22.2. The Hall–Kier alpha value is -3.79. The standard InChI is InChI=1S/C26H28N4O5S/c1-16(2)12-23-29-30-24(27)20(25(31)28-26(30)36-23)13-17-8-9-21(22(14-17)33-4)35-11-10-34-19-7-5-6-18(15-19)32-3/h5-9,13-16,27H,10-12H2,1-4H3/b20-13+,27-24?. The predicted octanol–water partition coefficient (Wildman–Crippen LogP) is 4.83. The number of fused-ring (bicyclic) bond motifs is 1. The largest absolute Gasteiger partial charge is 0.497 e. The van der Waals surface area contributed by atoms with E-state index in [2.05, 4.69) is 23.9 Å². The summed E-state index contributed by atoms with van der Waals surface area (Å²) in [4.78, 5) is 16.8. The van der Waals surface area contributed by atoms with Crippen molar-refractivity contribution in [2.24, 2.45) is 16.0 Å². The van der Waals surface area contributed by atoms with E-state index in [9.17, 15) is 4.79 Å². The third-order valence-electron chi connectivity index (χ3n) is 5.23. The third kappa shape index (κ3) is 5.88. The summed E-state index contributed by atoms with van der Waals surface area (Å²) in [5.74, 6) is 2.40. The van der Waals surface area contributed by atoms with Gasteiger partial charge in [-0.1, -0.05) is 26.0 Å². The number of hydrogen-bond acceptors (Lipinski definition) is 8. The van der Waals surface area contributed by atoms with Crippen molar-refractivity contribution in [1.82, 2.24) is 5.01 Å². The van der Waals surface area contributed by atoms with Crippen molar-refractivity contribution in [3.05, 3.63) is 53.6 Å². The highest BCUT2D eigenvalue weighted by Crippen LogP contribution is 2.32. The first-order valence-electron chi connectivity index (χ1n) is 11.4. The van der Waals surface area contributed by atoms with Crippen molar-refractivity contribution in [1.29, 1.82) is 5.41 Å². The zero-order valence-electron chi connectivity index (χ0n) is 20.6. The van der Waals surface area contributed by atoms with Gasteiger partial charge in [0.25, 0.3) is 5.91 Å². The number of carbonyl (C=O) groups excluding carboxylic acids is 1. The lowest BCUT2D eigenvalue weighted by Crippen LogP contribution is -2.35. The number of nitrogens with one attached hydrogen (secondary N) is 1. The van der Waals surface area contributed by atoms with Gasteiger partial charge in [0.05, 0.1) is 19.8 Å². The summed E-state index contributed by atoms with van der Waals surface area (Å²) in [7, 11) is 3.15. The SMILES string of the molecule is COc1cccc(OCCOc2ccc(/C=C3\C(=N)N4N=C(CC(C)C)SC4=NC3=O)cc2OC)c1. The summed E-state index contributed by atoms with van der Waals surface area (Å²) in [5.41, 5.74) is 0.841. The Bertz CT molecular complexity index is 1250. The fourth-order valence-electron chi connectivity index (χ4n) is 3.53. The van der Waals surface area contributed by atoms with Crippen molar-refractivity contribution in [3.63, 3.8) is 0 Å². The Kier molecular flexibility index (Phi) is 7.94. The van der Waals surface area contributed by atoms with E-state index in [1.807, 2.05) is 18.2 Å². The van der Waals surface area contributed by atoms with Crippen LogP contribution in [0.3, 0.4) is 0 Å². The van der Waals surface area contributed by atoms with Crippen LogP contribution in [-0.2, 0) is 4.79 Å². The van der Waals surface area contributed by atoms with E-state index < -0.39 is 5.91 Å². The topological polar surface area (TPSA) is 106 Å². The Labute approximate surface area is 214 Å². The molecule has 0 unspecified atom stereocenters. The molecule has 2 heterocycles. The number of nitrogens with zero attached hydrogens (tertiary/aromatic N) is 3. The lowest BCUT2D eigenvalue weighted by molar-refractivity contribution is -0.114. The number of aliphatic imine (C=N–C) groups is 1. The molecule has 10 heteroatoms. The molecule has 36 heavy (non-hydrogen) atoms. The number of methoxy groups -OCH3 is 2. The lowest BCUT2D eigenvalue weighted by atomic mass is 10.1. The molecular weight excluding hydrogens is 480 g/mol. The summed E-state index contributed by atoms with van der Waals surface area (Å²) >= 11 is 1.34. The minimum atomic E-state index is -0.464. The molecule has 2 aromatic rings. The molecule has 0 radical (unpaired) electrons. The van der Waals surface area contributed by atoms with E-state index in [0.29, 0.717) is 47.1 Å². The van der Waals surface area contributed by atoms with Crippen LogP contribution in [0.2, 0.25) is 0 Å². The molecule has 4 rings (SSSR count). The smallest absolute Gasteiger partial charge is 0.283 e. The van der Waals surface area contributed by atoms with Crippen molar-refractivity contribution in [2.75, 3.05) is 27.4 Å². The molecule has 0 saturated carbocycles. The zero-order valence-corrected chi connectivity index (χ0v) is 21.4. The molecule has 0 saturated heterocycles. The van der Waals surface area contributed by atoms with Crippen LogP contribution in [0.25, 0.3) is 6.08 Å². The maximum absolute atomic E-state index is 12.7. The molecule has 188 valence electrons. The number of thioether (sulfide) groups is 1. The van der Waals surface area contributed by atoms with Crippen molar-refractivity contribution < 1.29 is 23.7 Å². The van der Waals surface area contributed by atoms with Gasteiger partial charge in [0, 0.05) is 12.5 Å². The van der Waals surface area contributed by atoms with Crippen LogP contribution < -0.4 is 18.9 Å². The lowest BCUT2D eigenvalue weighted by Gasteiger charge is -2.20. The highest BCUT2D eigenvalue weighted by molar-refractivity contribution is 8.26. The molecule has 0 atom stereocenters. The van der Waals surface area contributed by atoms with Crippen LogP contribution >= 0.6 is 11.8 Å². The first kappa shape index (κ1) is 25.3. The quantitative estimate of drug-likeness (QED) is 0.362. The van der Waals surface area contributed by atoms with Gasteiger partial charge in [-0.2, -0.15) is 15.1 Å². The molecule has 2 aromatic carbocycles. The fraction of sp³-hybridized carbons (Fsp3) is 0.308. The number of rotatable bonds is 10. The second-order valence-electron chi connectivity index (χ2n) is 8.40. The molecular formula is C26H28N4O5S. The minimum Gasteiger partial charge on any atom is -0.497 e. The molecule has 0 spiro atoms. The molecule has 0 aliphatic carbocycles. The molecule has 0 bridgehead atoms. The van der Waals surface area contributed by atoms with Crippen molar-refractivity contribution in [3.8, 4) is 23.0 Å². The minimum absolute atomic E-state index is 0.00485. The number of carbonyl (C=O) groups is 1. The van der Waals surface area contributed by atoms with Crippen LogP contribution in [0.15, 0.2) is 58.1 Å². The van der Waals surface area contributed by atoms with E-state index in [1.54, 1.807) is 44.6 Å². The second-order valence-corrected chi connectivity index (χ2v) is 9.44. The van der Waals surface area contributed by atoms with Gasteiger partial charge >= 0.3 is 0 Å². The van der Waals surface area contributed by atoms with Gasteiger partial charge in [0.15, 0.2) is 17.3 Å². The maximum Gasteiger partial charge on any atom is 0.283 e. The molecule has 2 aliphatic heterocycles. The second kappa shape index (κ2) is 11.3. The first-order valence-corrected chi connectivity index (χ1v) is 12.3. The number of hydrogen-bond donors (Lipinski definition) is 1. The summed E-state index contributed by atoms with van der Waals surface area (Å²) in [6, 6.07) is 12.6. The Morgan fingerprint density at radius 1 is 1.03 bits per heavy atom. The van der Waals surface area contributed by atoms with Crippen LogP contribution in [0, 0.1) is 11.3 Å². The fourth-order valence-corrected chi connectivity index (χ4v) is 4.62. The van der Waals surface area contributed by atoms with E-state index in [4.69, 9.17) is 24.4 Å². The van der Waals surface area contributed by atoms with Crippen LogP contribution in [-0.4, -0.2) is 54.4 Å². The van der Waals surface area contributed by atoms with Gasteiger partial charge in [-0.15, -0.1) is 0 Å². The normalized spacial score (nSPS) is 16.1. The zero-order chi connectivity index (χ0) is 25.7. The average Bonchev–Trinajstić information content (AvgIpc) is 3.26. The predicted molar refractivity (Wildman–Crippen MR) is 141 cm³/mol. The number of ether oxygens (including phenoxy) is 4. The monoisotopic (exact) mass is 508 g/mol. The first-order chi connectivity index (χ1) is 17.4. The highest BCUT2D eigenvalue weighted by Gasteiger charge is 2.35. The average molecular weight is 509 g/mol. The van der Waals surface area contributed by atoms with Crippen LogP contribution in [0.5, 0.6) is 23.0 Å². The Balaban J connectivity index is 1.42. The van der Waals surface area contributed by atoms with Gasteiger partial charge in [-0.3, -0.25) is 10.2 Å². The summed E-state index contributed by atoms with van der Waals surface area (Å²) in [5, 5.41) is 15.7. The van der Waals surface area contributed by atoms with E-state index >= 15 is 0 Å². The molecule has 1 N–H and O–H groups in total. The van der Waals surface area contributed by atoms with E-state index in [-0.39, 0.29) is 11.4 Å². The molecule has 2 aliphatic rings. The Morgan fingerprint density at radius 3 is 2.56 bits per heavy atom. The summed E-state index contributed by atoms with van der Waals surface area (Å²) in [6.45, 7) is 4.83. The van der Waals surface area contributed by atoms with Gasteiger partial charge < -0.3 is 18.9 Å². The van der Waals surface area contributed by atoms with Crippen molar-refractivity contribution >= 4 is 39.8 Å². The highest BCUT2D eigenvalue weighted by atomic mass is 32.2. The number of amidine groups is 2. The van der Waals surface area contributed by atoms with Gasteiger partial charge in [0.1, 0.15) is 29.8 Å². The van der Waals surface area contributed by atoms with Gasteiger partial charge in [0.2, 0.25) is 5.17 Å².